The van der Waals surface area contributed by atoms with E-state index in [2.05, 4.69) is 15.6 Å². The van der Waals surface area contributed by atoms with Crippen LogP contribution in [0.1, 0.15) is 6.42 Å². The predicted octanol–water partition coefficient (Wildman–Crippen LogP) is 1.27. The number of hydrogen-bond donors (Lipinski definition) is 2. The lowest BCUT2D eigenvalue weighted by molar-refractivity contribution is -0.127. The molecule has 148 valence electrons. The third-order valence-electron chi connectivity index (χ3n) is 4.27. The van der Waals surface area contributed by atoms with E-state index in [1.165, 1.54) is 30.5 Å². The van der Waals surface area contributed by atoms with Crippen molar-refractivity contribution in [1.82, 2.24) is 10.3 Å². The number of carbonyl (C=O) groups is 3. The predicted molar refractivity (Wildman–Crippen MR) is 104 cm³/mol. The molecule has 2 N–H and O–H groups in total. The number of nitrogens with zero attached hydrogens (tertiary/aromatic N) is 2. The van der Waals surface area contributed by atoms with E-state index in [1.54, 1.807) is 29.8 Å². The SMILES string of the molecule is COc1ccc(OC)c(N2CC(C(=O)NCC(=O)Nc3nccs3)CC2=O)c1. The van der Waals surface area contributed by atoms with Crippen LogP contribution in [0.5, 0.6) is 11.5 Å². The Morgan fingerprint density at radius 2 is 2.14 bits per heavy atom. The number of aromatic nitrogens is 1. The Bertz CT molecular complexity index is 871. The molecule has 9 nitrogen and oxygen atoms in total. The molecule has 1 fully saturated rings. The second kappa shape index (κ2) is 8.70. The van der Waals surface area contributed by atoms with Crippen LogP contribution in [0.4, 0.5) is 10.8 Å². The first-order chi connectivity index (χ1) is 13.5. The average molecular weight is 404 g/mol. The Kier molecular flexibility index (Phi) is 6.09. The fourth-order valence-corrected chi connectivity index (χ4v) is 3.43. The third kappa shape index (κ3) is 4.39. The lowest BCUT2D eigenvalue weighted by Crippen LogP contribution is -2.37. The van der Waals surface area contributed by atoms with Gasteiger partial charge in [0.1, 0.15) is 11.5 Å². The average Bonchev–Trinajstić information content (AvgIpc) is 3.35. The van der Waals surface area contributed by atoms with Crippen LogP contribution in [-0.4, -0.2) is 50.0 Å². The zero-order chi connectivity index (χ0) is 20.1. The smallest absolute Gasteiger partial charge is 0.245 e. The van der Waals surface area contributed by atoms with E-state index in [-0.39, 0.29) is 37.2 Å². The summed E-state index contributed by atoms with van der Waals surface area (Å²) in [5, 5.41) is 7.36. The molecule has 0 aliphatic carbocycles. The molecule has 0 saturated carbocycles. The monoisotopic (exact) mass is 404 g/mol. The fraction of sp³-hybridized carbons (Fsp3) is 0.333. The van der Waals surface area contributed by atoms with E-state index in [4.69, 9.17) is 9.47 Å². The molecule has 1 aromatic carbocycles. The van der Waals surface area contributed by atoms with Crippen molar-refractivity contribution in [2.45, 2.75) is 6.42 Å². The maximum atomic E-state index is 12.5. The molecule has 0 spiro atoms. The van der Waals surface area contributed by atoms with Crippen molar-refractivity contribution in [3.8, 4) is 11.5 Å². The van der Waals surface area contributed by atoms with E-state index < -0.39 is 5.92 Å². The first kappa shape index (κ1) is 19.6. The normalized spacial score (nSPS) is 16.0. The number of amides is 3. The van der Waals surface area contributed by atoms with Crippen molar-refractivity contribution >= 4 is 39.9 Å². The Morgan fingerprint density at radius 1 is 1.32 bits per heavy atom. The maximum absolute atomic E-state index is 12.5. The number of thiazole rings is 1. The largest absolute Gasteiger partial charge is 0.497 e. The van der Waals surface area contributed by atoms with Gasteiger partial charge in [0.05, 0.1) is 32.4 Å². The van der Waals surface area contributed by atoms with Crippen molar-refractivity contribution in [2.24, 2.45) is 5.92 Å². The minimum absolute atomic E-state index is 0.0558. The van der Waals surface area contributed by atoms with Gasteiger partial charge >= 0.3 is 0 Å². The standard InChI is InChI=1S/C18H20N4O5S/c1-26-12-3-4-14(27-2)13(8-12)22-10-11(7-16(22)24)17(25)20-9-15(23)21-18-19-5-6-28-18/h3-6,8,11H,7,9-10H2,1-2H3,(H,20,25)(H,19,21,23). The van der Waals surface area contributed by atoms with Crippen LogP contribution in [0.25, 0.3) is 0 Å². The number of anilines is 2. The molecule has 1 saturated heterocycles. The quantitative estimate of drug-likeness (QED) is 0.719. The van der Waals surface area contributed by atoms with Crippen molar-refractivity contribution < 1.29 is 23.9 Å². The van der Waals surface area contributed by atoms with Crippen LogP contribution < -0.4 is 25.0 Å². The summed E-state index contributed by atoms with van der Waals surface area (Å²) < 4.78 is 10.5. The van der Waals surface area contributed by atoms with Crippen molar-refractivity contribution in [1.29, 1.82) is 0 Å². The molecular weight excluding hydrogens is 384 g/mol. The van der Waals surface area contributed by atoms with Crippen molar-refractivity contribution in [3.05, 3.63) is 29.8 Å². The fourth-order valence-electron chi connectivity index (χ4n) is 2.88. The van der Waals surface area contributed by atoms with Crippen molar-refractivity contribution in [2.75, 3.05) is 37.5 Å². The van der Waals surface area contributed by atoms with E-state index in [9.17, 15) is 14.4 Å². The molecule has 1 unspecified atom stereocenters. The number of carbonyl (C=O) groups excluding carboxylic acids is 3. The second-order valence-corrected chi connectivity index (χ2v) is 6.94. The van der Waals surface area contributed by atoms with Gasteiger partial charge in [-0.3, -0.25) is 14.4 Å². The number of nitrogens with one attached hydrogen (secondary N) is 2. The van der Waals surface area contributed by atoms with Crippen LogP contribution in [-0.2, 0) is 14.4 Å². The molecule has 3 amide bonds. The number of benzene rings is 1. The molecule has 3 rings (SSSR count). The first-order valence-corrected chi connectivity index (χ1v) is 9.39. The number of ether oxygens (including phenoxy) is 2. The maximum Gasteiger partial charge on any atom is 0.245 e. The van der Waals surface area contributed by atoms with E-state index in [0.29, 0.717) is 22.3 Å². The molecule has 10 heteroatoms. The van der Waals surface area contributed by atoms with Gasteiger partial charge in [0.15, 0.2) is 5.13 Å². The van der Waals surface area contributed by atoms with Crippen LogP contribution >= 0.6 is 11.3 Å². The summed E-state index contributed by atoms with van der Waals surface area (Å²) in [6, 6.07) is 5.13. The third-order valence-corrected chi connectivity index (χ3v) is 4.96. The summed E-state index contributed by atoms with van der Waals surface area (Å²) >= 11 is 1.29. The minimum atomic E-state index is -0.559. The Morgan fingerprint density at radius 3 is 2.82 bits per heavy atom. The Balaban J connectivity index is 1.61. The van der Waals surface area contributed by atoms with E-state index >= 15 is 0 Å². The van der Waals surface area contributed by atoms with Gasteiger partial charge in [-0.2, -0.15) is 0 Å². The summed E-state index contributed by atoms with van der Waals surface area (Å²) in [4.78, 5) is 42.2. The summed E-state index contributed by atoms with van der Waals surface area (Å²) in [7, 11) is 3.04. The van der Waals surface area contributed by atoms with Crippen LogP contribution in [0.15, 0.2) is 29.8 Å². The number of rotatable bonds is 7. The van der Waals surface area contributed by atoms with Crippen molar-refractivity contribution in [3.63, 3.8) is 0 Å². The summed E-state index contributed by atoms with van der Waals surface area (Å²) in [5.74, 6) is -0.394. The highest BCUT2D eigenvalue weighted by molar-refractivity contribution is 7.13. The highest BCUT2D eigenvalue weighted by atomic mass is 32.1. The summed E-state index contributed by atoms with van der Waals surface area (Å²) in [5.41, 5.74) is 0.545. The topological polar surface area (TPSA) is 110 Å². The lowest BCUT2D eigenvalue weighted by Gasteiger charge is -2.20. The first-order valence-electron chi connectivity index (χ1n) is 8.51. The van der Waals surface area contributed by atoms with Crippen LogP contribution in [0.2, 0.25) is 0 Å². The molecule has 1 aliphatic rings. The van der Waals surface area contributed by atoms with Gasteiger partial charge in [-0.25, -0.2) is 4.98 Å². The van der Waals surface area contributed by atoms with Gasteiger partial charge < -0.3 is 25.0 Å². The molecule has 1 aromatic heterocycles. The van der Waals surface area contributed by atoms with Gasteiger partial charge in [0.2, 0.25) is 17.7 Å². The second-order valence-electron chi connectivity index (χ2n) is 6.05. The number of methoxy groups -OCH3 is 2. The molecule has 0 radical (unpaired) electrons. The highest BCUT2D eigenvalue weighted by Crippen LogP contribution is 2.36. The van der Waals surface area contributed by atoms with Gasteiger partial charge in [0.25, 0.3) is 0 Å². The number of hydrogen-bond acceptors (Lipinski definition) is 7. The highest BCUT2D eigenvalue weighted by Gasteiger charge is 2.36. The van der Waals surface area contributed by atoms with E-state index in [1.807, 2.05) is 0 Å². The lowest BCUT2D eigenvalue weighted by atomic mass is 10.1. The summed E-state index contributed by atoms with van der Waals surface area (Å²) in [6.45, 7) is 0.00782. The van der Waals surface area contributed by atoms with E-state index in [0.717, 1.165) is 0 Å². The molecule has 2 aromatic rings. The molecule has 1 atom stereocenters. The molecule has 1 aliphatic heterocycles. The van der Waals surface area contributed by atoms with Gasteiger partial charge in [-0.05, 0) is 12.1 Å². The van der Waals surface area contributed by atoms with Gasteiger partial charge in [0, 0.05) is 30.6 Å². The molecule has 28 heavy (non-hydrogen) atoms. The molecule has 0 bridgehead atoms. The molecule has 2 heterocycles. The minimum Gasteiger partial charge on any atom is -0.497 e. The van der Waals surface area contributed by atoms with Crippen LogP contribution in [0.3, 0.4) is 0 Å². The van der Waals surface area contributed by atoms with Gasteiger partial charge in [-0.15, -0.1) is 11.3 Å². The van der Waals surface area contributed by atoms with Crippen LogP contribution in [0, 0.1) is 5.92 Å². The zero-order valence-corrected chi connectivity index (χ0v) is 16.2. The Hall–Kier alpha value is -3.14. The Labute approximate surface area is 165 Å². The summed E-state index contributed by atoms with van der Waals surface area (Å²) in [6.07, 6.45) is 1.63. The zero-order valence-electron chi connectivity index (χ0n) is 15.4. The molecular formula is C18H20N4O5S. The van der Waals surface area contributed by atoms with Gasteiger partial charge in [-0.1, -0.05) is 0 Å².